The first-order valence-corrected chi connectivity index (χ1v) is 8.70. The van der Waals surface area contributed by atoms with Crippen molar-refractivity contribution in [3.8, 4) is 0 Å². The Bertz CT molecular complexity index is 312. The molecule has 0 bridgehead atoms. The summed E-state index contributed by atoms with van der Waals surface area (Å²) >= 11 is 0. The summed E-state index contributed by atoms with van der Waals surface area (Å²) in [6.45, 7) is 11.2. The highest BCUT2D eigenvalue weighted by atomic mass is 16.6. The largest absolute Gasteiger partial charge is 0.460 e. The number of ether oxygens (including phenoxy) is 2. The molecule has 0 heterocycles. The topological polar surface area (TPSA) is 52.6 Å². The van der Waals surface area contributed by atoms with Crippen molar-refractivity contribution < 1.29 is 19.1 Å². The molecule has 0 aliphatic rings. The molecule has 0 radical (unpaired) electrons. The van der Waals surface area contributed by atoms with E-state index >= 15 is 0 Å². The van der Waals surface area contributed by atoms with E-state index in [-0.39, 0.29) is 24.2 Å². The molecule has 0 aliphatic heterocycles. The van der Waals surface area contributed by atoms with Crippen LogP contribution in [0.1, 0.15) is 73.1 Å². The number of unbranched alkanes of at least 4 members (excludes halogenated alkanes) is 2. The van der Waals surface area contributed by atoms with E-state index in [0.717, 1.165) is 32.1 Å². The zero-order valence-electron chi connectivity index (χ0n) is 15.0. The SMILES string of the molecule is CCCCCOCC(C)OC(=O)CC(=O)C(CC)CC(C)C. The van der Waals surface area contributed by atoms with E-state index in [0.29, 0.717) is 19.1 Å². The number of carbonyl (C=O) groups is 2. The average Bonchev–Trinajstić information content (AvgIpc) is 2.43. The molecule has 22 heavy (non-hydrogen) atoms. The van der Waals surface area contributed by atoms with Gasteiger partial charge in [-0.1, -0.05) is 40.5 Å². The van der Waals surface area contributed by atoms with E-state index in [1.165, 1.54) is 0 Å². The minimum Gasteiger partial charge on any atom is -0.460 e. The van der Waals surface area contributed by atoms with Gasteiger partial charge in [-0.25, -0.2) is 0 Å². The zero-order chi connectivity index (χ0) is 17.0. The molecule has 4 nitrogen and oxygen atoms in total. The maximum Gasteiger partial charge on any atom is 0.313 e. The van der Waals surface area contributed by atoms with Crippen molar-refractivity contribution in [1.29, 1.82) is 0 Å². The molecule has 0 saturated carbocycles. The molecule has 2 unspecified atom stereocenters. The minimum absolute atomic E-state index is 0.00253. The summed E-state index contributed by atoms with van der Waals surface area (Å²) in [5.41, 5.74) is 0. The lowest BCUT2D eigenvalue weighted by Gasteiger charge is -2.17. The Balaban J connectivity index is 3.97. The number of hydrogen-bond acceptors (Lipinski definition) is 4. The van der Waals surface area contributed by atoms with Gasteiger partial charge in [0.2, 0.25) is 0 Å². The van der Waals surface area contributed by atoms with Gasteiger partial charge in [-0.05, 0) is 32.1 Å². The highest BCUT2D eigenvalue weighted by Gasteiger charge is 2.22. The van der Waals surface area contributed by atoms with Crippen LogP contribution in [0.3, 0.4) is 0 Å². The number of esters is 1. The summed E-state index contributed by atoms with van der Waals surface area (Å²) in [5.74, 6) is -0.0114. The van der Waals surface area contributed by atoms with Crippen molar-refractivity contribution in [3.05, 3.63) is 0 Å². The van der Waals surface area contributed by atoms with Crippen LogP contribution < -0.4 is 0 Å². The maximum atomic E-state index is 12.1. The van der Waals surface area contributed by atoms with Crippen LogP contribution in [-0.2, 0) is 19.1 Å². The third-order valence-electron chi connectivity index (χ3n) is 3.60. The Morgan fingerprint density at radius 1 is 1.05 bits per heavy atom. The van der Waals surface area contributed by atoms with Crippen molar-refractivity contribution in [2.75, 3.05) is 13.2 Å². The predicted molar refractivity (Wildman–Crippen MR) is 88.8 cm³/mol. The fraction of sp³-hybridized carbons (Fsp3) is 0.889. The molecule has 0 N–H and O–H groups in total. The first-order valence-electron chi connectivity index (χ1n) is 8.70. The summed E-state index contributed by atoms with van der Waals surface area (Å²) in [5, 5.41) is 0. The lowest BCUT2D eigenvalue weighted by Crippen LogP contribution is -2.25. The van der Waals surface area contributed by atoms with Crippen molar-refractivity contribution in [1.82, 2.24) is 0 Å². The van der Waals surface area contributed by atoms with Crippen LogP contribution >= 0.6 is 0 Å². The van der Waals surface area contributed by atoms with Gasteiger partial charge in [0.05, 0.1) is 6.61 Å². The normalized spacial score (nSPS) is 13.9. The van der Waals surface area contributed by atoms with Gasteiger partial charge >= 0.3 is 5.97 Å². The fourth-order valence-electron chi connectivity index (χ4n) is 2.38. The second-order valence-electron chi connectivity index (χ2n) is 6.46. The Labute approximate surface area is 135 Å². The first-order chi connectivity index (χ1) is 10.4. The lowest BCUT2D eigenvalue weighted by molar-refractivity contribution is -0.153. The van der Waals surface area contributed by atoms with Crippen molar-refractivity contribution in [2.45, 2.75) is 79.2 Å². The van der Waals surface area contributed by atoms with Gasteiger partial charge in [0.15, 0.2) is 0 Å². The van der Waals surface area contributed by atoms with Gasteiger partial charge in [-0.2, -0.15) is 0 Å². The highest BCUT2D eigenvalue weighted by molar-refractivity contribution is 5.96. The third kappa shape index (κ3) is 10.8. The zero-order valence-corrected chi connectivity index (χ0v) is 15.0. The molecule has 4 heteroatoms. The Hall–Kier alpha value is -0.900. The summed E-state index contributed by atoms with van der Waals surface area (Å²) in [4.78, 5) is 23.9. The molecule has 0 amide bonds. The van der Waals surface area contributed by atoms with Crippen LogP contribution in [0.15, 0.2) is 0 Å². The van der Waals surface area contributed by atoms with E-state index in [4.69, 9.17) is 9.47 Å². The smallest absolute Gasteiger partial charge is 0.313 e. The van der Waals surface area contributed by atoms with Crippen LogP contribution in [0.4, 0.5) is 0 Å². The number of Topliss-reactive ketones (excluding diaryl/α,β-unsaturated/α-hetero) is 1. The molecule has 130 valence electrons. The van der Waals surface area contributed by atoms with Gasteiger partial charge in [-0.15, -0.1) is 0 Å². The summed E-state index contributed by atoms with van der Waals surface area (Å²) in [7, 11) is 0. The number of hydrogen-bond donors (Lipinski definition) is 0. The molecule has 0 aliphatic carbocycles. The lowest BCUT2D eigenvalue weighted by atomic mass is 9.90. The molecule has 0 saturated heterocycles. The summed E-state index contributed by atoms with van der Waals surface area (Å²) in [6.07, 6.45) is 4.53. The number of rotatable bonds is 13. The standard InChI is InChI=1S/C18H34O4/c1-6-8-9-10-21-13-15(5)22-18(20)12-17(19)16(7-2)11-14(3)4/h14-16H,6-13H2,1-5H3. The molecular weight excluding hydrogens is 280 g/mol. The second kappa shape index (κ2) is 12.6. The van der Waals surface area contributed by atoms with Gasteiger partial charge < -0.3 is 9.47 Å². The predicted octanol–water partition coefficient (Wildman–Crippen LogP) is 4.16. The Morgan fingerprint density at radius 3 is 2.27 bits per heavy atom. The van der Waals surface area contributed by atoms with Crippen molar-refractivity contribution in [3.63, 3.8) is 0 Å². The van der Waals surface area contributed by atoms with E-state index < -0.39 is 5.97 Å². The third-order valence-corrected chi connectivity index (χ3v) is 3.60. The van der Waals surface area contributed by atoms with Crippen LogP contribution in [0.5, 0.6) is 0 Å². The summed E-state index contributed by atoms with van der Waals surface area (Å²) < 4.78 is 10.7. The van der Waals surface area contributed by atoms with Gasteiger partial charge in [0.25, 0.3) is 0 Å². The van der Waals surface area contributed by atoms with E-state index in [2.05, 4.69) is 20.8 Å². The monoisotopic (exact) mass is 314 g/mol. The maximum absolute atomic E-state index is 12.1. The Morgan fingerprint density at radius 2 is 1.73 bits per heavy atom. The van der Waals surface area contributed by atoms with Gasteiger partial charge in [-0.3, -0.25) is 9.59 Å². The van der Waals surface area contributed by atoms with E-state index in [1.54, 1.807) is 6.92 Å². The molecule has 0 aromatic carbocycles. The quantitative estimate of drug-likeness (QED) is 0.291. The fourth-order valence-corrected chi connectivity index (χ4v) is 2.38. The van der Waals surface area contributed by atoms with E-state index in [9.17, 15) is 9.59 Å². The van der Waals surface area contributed by atoms with Crippen LogP contribution in [0.25, 0.3) is 0 Å². The minimum atomic E-state index is -0.433. The number of ketones is 1. The Kier molecular flexibility index (Phi) is 12.1. The molecule has 0 aromatic heterocycles. The van der Waals surface area contributed by atoms with Gasteiger partial charge in [0, 0.05) is 12.5 Å². The number of carbonyl (C=O) groups excluding carboxylic acids is 2. The van der Waals surface area contributed by atoms with Crippen molar-refractivity contribution >= 4 is 11.8 Å². The highest BCUT2D eigenvalue weighted by Crippen LogP contribution is 2.18. The van der Waals surface area contributed by atoms with Gasteiger partial charge in [0.1, 0.15) is 18.3 Å². The summed E-state index contributed by atoms with van der Waals surface area (Å²) in [6, 6.07) is 0. The second-order valence-corrected chi connectivity index (χ2v) is 6.46. The molecule has 2 atom stereocenters. The van der Waals surface area contributed by atoms with Crippen molar-refractivity contribution in [2.24, 2.45) is 11.8 Å². The molecule has 0 rings (SSSR count). The molecule has 0 spiro atoms. The van der Waals surface area contributed by atoms with Crippen LogP contribution in [-0.4, -0.2) is 31.1 Å². The van der Waals surface area contributed by atoms with Crippen LogP contribution in [0, 0.1) is 11.8 Å². The van der Waals surface area contributed by atoms with E-state index in [1.807, 2.05) is 6.92 Å². The molecule has 0 aromatic rings. The molecular formula is C18H34O4. The average molecular weight is 314 g/mol. The molecule has 0 fully saturated rings. The van der Waals surface area contributed by atoms with Crippen LogP contribution in [0.2, 0.25) is 0 Å². The first kappa shape index (κ1) is 21.1.